The topological polar surface area (TPSA) is 44.0 Å². The second-order valence-electron chi connectivity index (χ2n) is 3.19. The zero-order valence-corrected chi connectivity index (χ0v) is 9.25. The first-order valence-electron chi connectivity index (χ1n) is 4.77. The maximum absolute atomic E-state index is 9.66. The van der Waals surface area contributed by atoms with Gasteiger partial charge in [-0.3, -0.25) is 0 Å². The lowest BCUT2D eigenvalue weighted by Crippen LogP contribution is -1.89. The number of halogens is 1. The molecule has 2 nitrogen and oxygen atoms in total. The van der Waals surface area contributed by atoms with Gasteiger partial charge in [-0.05, 0) is 24.1 Å². The van der Waals surface area contributed by atoms with Gasteiger partial charge in [0.25, 0.3) is 0 Å². The molecule has 1 rings (SSSR count). The molecule has 0 aliphatic carbocycles. The van der Waals surface area contributed by atoms with E-state index in [0.717, 1.165) is 6.42 Å². The van der Waals surface area contributed by atoms with E-state index < -0.39 is 0 Å². The summed E-state index contributed by atoms with van der Waals surface area (Å²) in [6, 6.07) is 8.87. The van der Waals surface area contributed by atoms with Gasteiger partial charge < -0.3 is 5.11 Å². The van der Waals surface area contributed by atoms with Gasteiger partial charge in [0.2, 0.25) is 0 Å². The molecular formula is C12H12ClNO. The van der Waals surface area contributed by atoms with E-state index in [4.69, 9.17) is 16.9 Å². The highest BCUT2D eigenvalue weighted by Gasteiger charge is 2.06. The van der Waals surface area contributed by atoms with Crippen molar-refractivity contribution in [3.8, 4) is 6.07 Å². The Labute approximate surface area is 94.4 Å². The summed E-state index contributed by atoms with van der Waals surface area (Å²) in [5.74, 6) is 0.141. The third-order valence-corrected chi connectivity index (χ3v) is 2.27. The van der Waals surface area contributed by atoms with Crippen LogP contribution in [0.5, 0.6) is 0 Å². The Morgan fingerprint density at radius 2 is 2.00 bits per heavy atom. The van der Waals surface area contributed by atoms with Gasteiger partial charge in [0.1, 0.15) is 11.8 Å². The van der Waals surface area contributed by atoms with Crippen LogP contribution in [0.1, 0.15) is 25.3 Å². The standard InChI is InChI=1S/C12H12ClNO/c1-2-3-12(15)11(8-14)9-4-6-10(13)7-5-9/h4-7,15H,2-3H2,1H3/b12-11+. The first kappa shape index (κ1) is 11.6. The van der Waals surface area contributed by atoms with Gasteiger partial charge in [0.05, 0.1) is 5.57 Å². The second kappa shape index (κ2) is 5.43. The van der Waals surface area contributed by atoms with E-state index in [1.807, 2.05) is 13.0 Å². The van der Waals surface area contributed by atoms with Crippen molar-refractivity contribution in [1.82, 2.24) is 0 Å². The zero-order chi connectivity index (χ0) is 11.3. The minimum absolute atomic E-state index is 0.141. The van der Waals surface area contributed by atoms with E-state index in [1.54, 1.807) is 24.3 Å². The third-order valence-electron chi connectivity index (χ3n) is 2.02. The lowest BCUT2D eigenvalue weighted by atomic mass is 10.0. The Morgan fingerprint density at radius 3 is 2.47 bits per heavy atom. The Hall–Kier alpha value is -1.46. The summed E-state index contributed by atoms with van der Waals surface area (Å²) in [6.07, 6.45) is 1.33. The van der Waals surface area contributed by atoms with Crippen LogP contribution in [0, 0.1) is 11.3 Å². The average Bonchev–Trinajstić information content (AvgIpc) is 2.22. The molecule has 1 aromatic rings. The van der Waals surface area contributed by atoms with Gasteiger partial charge in [-0.15, -0.1) is 0 Å². The molecule has 15 heavy (non-hydrogen) atoms. The summed E-state index contributed by atoms with van der Waals surface area (Å²) in [6.45, 7) is 1.95. The Kier molecular flexibility index (Phi) is 4.20. The summed E-state index contributed by atoms with van der Waals surface area (Å²) in [5.41, 5.74) is 1.03. The van der Waals surface area contributed by atoms with Gasteiger partial charge >= 0.3 is 0 Å². The molecule has 0 aromatic heterocycles. The van der Waals surface area contributed by atoms with Crippen LogP contribution in [0.4, 0.5) is 0 Å². The van der Waals surface area contributed by atoms with Crippen molar-refractivity contribution >= 4 is 17.2 Å². The van der Waals surface area contributed by atoms with Gasteiger partial charge in [0.15, 0.2) is 0 Å². The van der Waals surface area contributed by atoms with Crippen LogP contribution in [0.15, 0.2) is 30.0 Å². The molecule has 1 aromatic carbocycles. The Balaban J connectivity index is 3.09. The maximum atomic E-state index is 9.66. The summed E-state index contributed by atoms with van der Waals surface area (Å²) >= 11 is 5.74. The lowest BCUT2D eigenvalue weighted by molar-refractivity contribution is 0.390. The molecule has 0 heterocycles. The van der Waals surface area contributed by atoms with Gasteiger partial charge in [-0.2, -0.15) is 5.26 Å². The minimum atomic E-state index is 0.141. The quantitative estimate of drug-likeness (QED) is 0.621. The number of hydrogen-bond acceptors (Lipinski definition) is 2. The molecule has 0 aliphatic rings. The number of nitriles is 1. The van der Waals surface area contributed by atoms with Crippen molar-refractivity contribution < 1.29 is 5.11 Å². The van der Waals surface area contributed by atoms with Crippen LogP contribution in [0.2, 0.25) is 5.02 Å². The molecule has 0 saturated carbocycles. The zero-order valence-electron chi connectivity index (χ0n) is 8.50. The number of aliphatic hydroxyl groups excluding tert-OH is 1. The lowest BCUT2D eigenvalue weighted by Gasteiger charge is -2.03. The average molecular weight is 222 g/mol. The number of nitrogens with zero attached hydrogens (tertiary/aromatic N) is 1. The minimum Gasteiger partial charge on any atom is -0.511 e. The molecule has 0 spiro atoms. The van der Waals surface area contributed by atoms with E-state index in [-0.39, 0.29) is 5.76 Å². The Bertz CT molecular complexity index is 401. The van der Waals surface area contributed by atoms with Gasteiger partial charge in [-0.1, -0.05) is 30.7 Å². The normalized spacial score (nSPS) is 11.8. The molecule has 0 amide bonds. The van der Waals surface area contributed by atoms with Crippen molar-refractivity contribution in [1.29, 1.82) is 5.26 Å². The SMILES string of the molecule is CCC/C(O)=C(/C#N)c1ccc(Cl)cc1. The highest BCUT2D eigenvalue weighted by atomic mass is 35.5. The molecule has 0 aliphatic heterocycles. The summed E-state index contributed by atoms with van der Waals surface area (Å²) in [7, 11) is 0. The first-order valence-corrected chi connectivity index (χ1v) is 5.15. The van der Waals surface area contributed by atoms with Crippen molar-refractivity contribution in [2.75, 3.05) is 0 Å². The van der Waals surface area contributed by atoms with Gasteiger partial charge in [-0.25, -0.2) is 0 Å². The van der Waals surface area contributed by atoms with Gasteiger partial charge in [0, 0.05) is 11.4 Å². The fourth-order valence-electron chi connectivity index (χ4n) is 1.27. The molecular weight excluding hydrogens is 210 g/mol. The van der Waals surface area contributed by atoms with Crippen molar-refractivity contribution in [3.63, 3.8) is 0 Å². The molecule has 0 bridgehead atoms. The molecule has 0 fully saturated rings. The van der Waals surface area contributed by atoms with Crippen LogP contribution in [-0.4, -0.2) is 5.11 Å². The highest BCUT2D eigenvalue weighted by Crippen LogP contribution is 2.21. The largest absolute Gasteiger partial charge is 0.511 e. The van der Waals surface area contributed by atoms with E-state index in [0.29, 0.717) is 22.6 Å². The van der Waals surface area contributed by atoms with E-state index in [2.05, 4.69) is 0 Å². The monoisotopic (exact) mass is 221 g/mol. The van der Waals surface area contributed by atoms with Crippen molar-refractivity contribution in [3.05, 3.63) is 40.6 Å². The first-order chi connectivity index (χ1) is 7.19. The number of benzene rings is 1. The third kappa shape index (κ3) is 3.00. The van der Waals surface area contributed by atoms with E-state index >= 15 is 0 Å². The van der Waals surface area contributed by atoms with E-state index in [9.17, 15) is 5.11 Å². The maximum Gasteiger partial charge on any atom is 0.111 e. The van der Waals surface area contributed by atoms with Crippen molar-refractivity contribution in [2.24, 2.45) is 0 Å². The van der Waals surface area contributed by atoms with E-state index in [1.165, 1.54) is 0 Å². The van der Waals surface area contributed by atoms with Crippen LogP contribution in [0.3, 0.4) is 0 Å². The predicted octanol–water partition coefficient (Wildman–Crippen LogP) is 3.93. The summed E-state index contributed by atoms with van der Waals surface area (Å²) < 4.78 is 0. The molecule has 0 radical (unpaired) electrons. The van der Waals surface area contributed by atoms with Crippen molar-refractivity contribution in [2.45, 2.75) is 19.8 Å². The molecule has 0 atom stereocenters. The molecule has 0 unspecified atom stereocenters. The summed E-state index contributed by atoms with van der Waals surface area (Å²) in [4.78, 5) is 0. The molecule has 0 saturated heterocycles. The fourth-order valence-corrected chi connectivity index (χ4v) is 1.40. The number of aliphatic hydroxyl groups is 1. The smallest absolute Gasteiger partial charge is 0.111 e. The molecule has 78 valence electrons. The second-order valence-corrected chi connectivity index (χ2v) is 3.63. The summed E-state index contributed by atoms with van der Waals surface area (Å²) in [5, 5.41) is 19.2. The molecule has 1 N–H and O–H groups in total. The fraction of sp³-hybridized carbons (Fsp3) is 0.250. The van der Waals surface area contributed by atoms with Crippen LogP contribution in [0.25, 0.3) is 5.57 Å². The molecule has 3 heteroatoms. The predicted molar refractivity (Wildman–Crippen MR) is 61.5 cm³/mol. The van der Waals surface area contributed by atoms with Crippen LogP contribution in [-0.2, 0) is 0 Å². The van der Waals surface area contributed by atoms with Crippen LogP contribution < -0.4 is 0 Å². The number of rotatable bonds is 3. The van der Waals surface area contributed by atoms with Crippen LogP contribution >= 0.6 is 11.6 Å². The highest BCUT2D eigenvalue weighted by molar-refractivity contribution is 6.30. The number of hydrogen-bond donors (Lipinski definition) is 1. The Morgan fingerprint density at radius 1 is 1.40 bits per heavy atom. The number of allylic oxidation sites excluding steroid dienone is 2.